The van der Waals surface area contributed by atoms with Crippen molar-refractivity contribution in [2.75, 3.05) is 32.8 Å². The van der Waals surface area contributed by atoms with Gasteiger partial charge < -0.3 is 19.0 Å². The van der Waals surface area contributed by atoms with E-state index in [0.29, 0.717) is 25.1 Å². The highest BCUT2D eigenvalue weighted by atomic mass is 16.5. The van der Waals surface area contributed by atoms with Gasteiger partial charge in [-0.3, -0.25) is 9.59 Å². The summed E-state index contributed by atoms with van der Waals surface area (Å²) in [5.41, 5.74) is 0.525. The lowest BCUT2D eigenvalue weighted by atomic mass is 10.2. The molecule has 0 saturated carbocycles. The van der Waals surface area contributed by atoms with Gasteiger partial charge in [0.25, 0.3) is 5.91 Å². The Kier molecular flexibility index (Phi) is 5.33. The van der Waals surface area contributed by atoms with Crippen LogP contribution in [0.15, 0.2) is 23.0 Å². The highest BCUT2D eigenvalue weighted by Gasteiger charge is 2.25. The van der Waals surface area contributed by atoms with Crippen LogP contribution in [0, 0.1) is 0 Å². The summed E-state index contributed by atoms with van der Waals surface area (Å²) in [5.74, 6) is 0.0447. The van der Waals surface area contributed by atoms with Crippen molar-refractivity contribution in [1.82, 2.24) is 9.80 Å². The number of likely N-dealkylation sites (tertiary alicyclic amines) is 1. The van der Waals surface area contributed by atoms with Gasteiger partial charge in [0, 0.05) is 39.2 Å². The van der Waals surface area contributed by atoms with E-state index in [0.717, 1.165) is 45.4 Å². The Bertz CT molecular complexity index is 517. The van der Waals surface area contributed by atoms with Gasteiger partial charge in [-0.2, -0.15) is 0 Å². The molecule has 3 rings (SSSR count). The predicted octanol–water partition coefficient (Wildman–Crippen LogP) is 1.91. The fourth-order valence-electron chi connectivity index (χ4n) is 3.23. The summed E-state index contributed by atoms with van der Waals surface area (Å²) in [4.78, 5) is 28.5. The first kappa shape index (κ1) is 16.1. The van der Waals surface area contributed by atoms with Crippen molar-refractivity contribution in [1.29, 1.82) is 0 Å². The molecule has 6 nitrogen and oxygen atoms in total. The van der Waals surface area contributed by atoms with E-state index in [4.69, 9.17) is 9.15 Å². The maximum atomic E-state index is 12.6. The first-order valence-corrected chi connectivity index (χ1v) is 8.45. The van der Waals surface area contributed by atoms with Gasteiger partial charge in [0.1, 0.15) is 6.26 Å². The number of hydrogen-bond acceptors (Lipinski definition) is 4. The van der Waals surface area contributed by atoms with Gasteiger partial charge in [-0.15, -0.1) is 0 Å². The maximum Gasteiger partial charge on any atom is 0.257 e. The molecular formula is C17H24N2O4. The number of amides is 2. The van der Waals surface area contributed by atoms with E-state index in [1.807, 2.05) is 4.90 Å². The number of rotatable bonds is 6. The normalized spacial score (nSPS) is 20.9. The van der Waals surface area contributed by atoms with E-state index in [1.165, 1.54) is 12.5 Å². The highest BCUT2D eigenvalue weighted by Crippen LogP contribution is 2.16. The summed E-state index contributed by atoms with van der Waals surface area (Å²) in [6.45, 7) is 3.42. The Morgan fingerprint density at radius 2 is 2.09 bits per heavy atom. The zero-order valence-electron chi connectivity index (χ0n) is 13.4. The molecule has 1 atom stereocenters. The van der Waals surface area contributed by atoms with Crippen molar-refractivity contribution in [2.24, 2.45) is 0 Å². The lowest BCUT2D eigenvalue weighted by molar-refractivity contribution is -0.130. The zero-order chi connectivity index (χ0) is 16.1. The van der Waals surface area contributed by atoms with Crippen LogP contribution in [-0.4, -0.2) is 60.5 Å². The molecule has 1 aromatic rings. The van der Waals surface area contributed by atoms with Gasteiger partial charge in [-0.05, 0) is 31.7 Å². The first-order chi connectivity index (χ1) is 11.2. The largest absolute Gasteiger partial charge is 0.472 e. The van der Waals surface area contributed by atoms with Gasteiger partial charge in [0.15, 0.2) is 0 Å². The quantitative estimate of drug-likeness (QED) is 0.803. The predicted molar refractivity (Wildman–Crippen MR) is 84.0 cm³/mol. The van der Waals surface area contributed by atoms with Crippen LogP contribution in [-0.2, 0) is 9.53 Å². The third kappa shape index (κ3) is 4.13. The Balaban J connectivity index is 1.59. The molecule has 126 valence electrons. The van der Waals surface area contributed by atoms with Crippen LogP contribution < -0.4 is 0 Å². The molecule has 1 unspecified atom stereocenters. The summed E-state index contributed by atoms with van der Waals surface area (Å²) in [6, 6.07) is 1.66. The second-order valence-corrected chi connectivity index (χ2v) is 6.24. The van der Waals surface area contributed by atoms with Crippen molar-refractivity contribution in [3.63, 3.8) is 0 Å². The van der Waals surface area contributed by atoms with E-state index in [9.17, 15) is 9.59 Å². The number of ether oxygens (including phenoxy) is 1. The lowest BCUT2D eigenvalue weighted by Crippen LogP contribution is -2.40. The first-order valence-electron chi connectivity index (χ1n) is 8.45. The average molecular weight is 320 g/mol. The van der Waals surface area contributed by atoms with Gasteiger partial charge in [0.2, 0.25) is 5.91 Å². The Labute approximate surface area is 136 Å². The average Bonchev–Trinajstić information content (AvgIpc) is 3.33. The molecule has 0 aromatic carbocycles. The fraction of sp³-hybridized carbons (Fsp3) is 0.647. The minimum Gasteiger partial charge on any atom is -0.472 e. The minimum atomic E-state index is -0.0940. The molecule has 0 N–H and O–H groups in total. The molecule has 2 amide bonds. The summed E-state index contributed by atoms with van der Waals surface area (Å²) in [6.07, 6.45) is 7.56. The van der Waals surface area contributed by atoms with E-state index < -0.39 is 0 Å². The topological polar surface area (TPSA) is 63.0 Å². The third-order valence-electron chi connectivity index (χ3n) is 4.56. The maximum absolute atomic E-state index is 12.6. The van der Waals surface area contributed by atoms with Crippen LogP contribution in [0.25, 0.3) is 0 Å². The molecule has 2 fully saturated rings. The monoisotopic (exact) mass is 320 g/mol. The number of nitrogens with zero attached hydrogens (tertiary/aromatic N) is 2. The van der Waals surface area contributed by atoms with Crippen LogP contribution in [0.5, 0.6) is 0 Å². The molecule has 0 bridgehead atoms. The van der Waals surface area contributed by atoms with Crippen molar-refractivity contribution < 1.29 is 18.7 Å². The van der Waals surface area contributed by atoms with Crippen LogP contribution in [0.4, 0.5) is 0 Å². The van der Waals surface area contributed by atoms with E-state index >= 15 is 0 Å². The van der Waals surface area contributed by atoms with Gasteiger partial charge in [-0.1, -0.05) is 0 Å². The standard InChI is InChI=1S/C17H24N2O4/c20-16(18-7-1-2-8-18)5-9-19(12-15-4-3-10-23-15)17(21)14-6-11-22-13-14/h6,11,13,15H,1-5,7-10,12H2. The Morgan fingerprint density at radius 1 is 1.26 bits per heavy atom. The Hall–Kier alpha value is -1.82. The van der Waals surface area contributed by atoms with E-state index in [2.05, 4.69) is 0 Å². The molecule has 0 aliphatic carbocycles. The molecular weight excluding hydrogens is 296 g/mol. The number of carbonyl (C=O) groups excluding carboxylic acids is 2. The van der Waals surface area contributed by atoms with Crippen LogP contribution in [0.2, 0.25) is 0 Å². The Morgan fingerprint density at radius 3 is 2.74 bits per heavy atom. The van der Waals surface area contributed by atoms with Crippen molar-refractivity contribution in [3.05, 3.63) is 24.2 Å². The molecule has 6 heteroatoms. The molecule has 3 heterocycles. The number of carbonyl (C=O) groups is 2. The molecule has 2 aliphatic rings. The van der Waals surface area contributed by atoms with Crippen LogP contribution in [0.3, 0.4) is 0 Å². The number of furan rings is 1. The van der Waals surface area contributed by atoms with Crippen molar-refractivity contribution >= 4 is 11.8 Å². The summed E-state index contributed by atoms with van der Waals surface area (Å²) in [5, 5.41) is 0. The van der Waals surface area contributed by atoms with Crippen LogP contribution in [0.1, 0.15) is 42.5 Å². The molecule has 0 radical (unpaired) electrons. The summed E-state index contributed by atoms with van der Waals surface area (Å²) >= 11 is 0. The lowest BCUT2D eigenvalue weighted by Gasteiger charge is -2.26. The third-order valence-corrected chi connectivity index (χ3v) is 4.56. The second-order valence-electron chi connectivity index (χ2n) is 6.24. The van der Waals surface area contributed by atoms with E-state index in [-0.39, 0.29) is 17.9 Å². The molecule has 23 heavy (non-hydrogen) atoms. The smallest absolute Gasteiger partial charge is 0.257 e. The molecule has 2 saturated heterocycles. The highest BCUT2D eigenvalue weighted by molar-refractivity contribution is 5.94. The minimum absolute atomic E-state index is 0.0766. The van der Waals surface area contributed by atoms with Gasteiger partial charge in [0.05, 0.1) is 17.9 Å². The fourth-order valence-corrected chi connectivity index (χ4v) is 3.23. The number of hydrogen-bond donors (Lipinski definition) is 0. The van der Waals surface area contributed by atoms with E-state index in [1.54, 1.807) is 11.0 Å². The van der Waals surface area contributed by atoms with Gasteiger partial charge in [-0.25, -0.2) is 0 Å². The second kappa shape index (κ2) is 7.64. The van der Waals surface area contributed by atoms with Crippen molar-refractivity contribution in [2.45, 2.75) is 38.2 Å². The van der Waals surface area contributed by atoms with Gasteiger partial charge >= 0.3 is 0 Å². The SMILES string of the molecule is O=C(CCN(CC1CCCO1)C(=O)c1ccoc1)N1CCCC1. The summed E-state index contributed by atoms with van der Waals surface area (Å²) in [7, 11) is 0. The van der Waals surface area contributed by atoms with Crippen LogP contribution >= 0.6 is 0 Å². The molecule has 1 aromatic heterocycles. The zero-order valence-corrected chi connectivity index (χ0v) is 13.4. The van der Waals surface area contributed by atoms with Crippen molar-refractivity contribution in [3.8, 4) is 0 Å². The summed E-state index contributed by atoms with van der Waals surface area (Å²) < 4.78 is 10.7. The molecule has 2 aliphatic heterocycles. The molecule has 0 spiro atoms.